The molecule has 0 aromatic heterocycles. The fraction of sp³-hybridized carbons (Fsp3) is 0.333. The highest BCUT2D eigenvalue weighted by molar-refractivity contribution is 7.99. The van der Waals surface area contributed by atoms with E-state index in [0.29, 0.717) is 29.4 Å². The number of para-hydroxylation sites is 1. The molecule has 150 valence electrons. The van der Waals surface area contributed by atoms with Crippen molar-refractivity contribution in [3.8, 4) is 11.5 Å². The van der Waals surface area contributed by atoms with Gasteiger partial charge in [0, 0.05) is 36.7 Å². The van der Waals surface area contributed by atoms with Gasteiger partial charge in [0.05, 0.1) is 12.2 Å². The number of carbonyl (C=O) groups is 2. The van der Waals surface area contributed by atoms with Crippen molar-refractivity contribution in [1.82, 2.24) is 5.32 Å². The number of anilines is 1. The van der Waals surface area contributed by atoms with E-state index in [9.17, 15) is 9.59 Å². The Balaban J connectivity index is 0.000000266. The minimum Gasteiger partial charge on any atom is -0.455 e. The molecule has 0 spiro atoms. The molecule has 0 radical (unpaired) electrons. The molecule has 5 nitrogen and oxygen atoms in total. The van der Waals surface area contributed by atoms with Crippen LogP contribution in [0.25, 0.3) is 0 Å². The van der Waals surface area contributed by atoms with Crippen molar-refractivity contribution < 1.29 is 14.3 Å². The van der Waals surface area contributed by atoms with E-state index < -0.39 is 0 Å². The van der Waals surface area contributed by atoms with Crippen molar-refractivity contribution in [2.45, 2.75) is 26.8 Å². The molecule has 0 saturated heterocycles. The molecule has 1 heterocycles. The molecule has 2 aromatic carbocycles. The zero-order valence-electron chi connectivity index (χ0n) is 16.3. The quantitative estimate of drug-likeness (QED) is 0.716. The first-order chi connectivity index (χ1) is 13.5. The lowest BCUT2D eigenvalue weighted by molar-refractivity contribution is -0.120. The molecule has 3 rings (SSSR count). The summed E-state index contributed by atoms with van der Waals surface area (Å²) in [5.74, 6) is 3.55. The second-order valence-corrected chi connectivity index (χ2v) is 7.88. The van der Waals surface area contributed by atoms with Crippen LogP contribution in [0.4, 0.5) is 5.69 Å². The zero-order chi connectivity index (χ0) is 20.5. The largest absolute Gasteiger partial charge is 0.455 e. The highest BCUT2D eigenvalue weighted by Crippen LogP contribution is 2.40. The third kappa shape index (κ3) is 6.17. The summed E-state index contributed by atoms with van der Waals surface area (Å²) in [5, 5.41) is 3.15. The predicted molar refractivity (Wildman–Crippen MR) is 117 cm³/mol. The fourth-order valence-electron chi connectivity index (χ4n) is 2.61. The third-order valence-corrected chi connectivity index (χ3v) is 5.21. The van der Waals surface area contributed by atoms with Crippen LogP contribution in [-0.2, 0) is 16.1 Å². The minimum atomic E-state index is -0.0381. The van der Waals surface area contributed by atoms with Gasteiger partial charge in [-0.1, -0.05) is 36.7 Å². The summed E-state index contributed by atoms with van der Waals surface area (Å²) in [5.41, 5.74) is 1.68. The van der Waals surface area contributed by atoms with Crippen LogP contribution >= 0.6 is 23.4 Å². The lowest BCUT2D eigenvalue weighted by Crippen LogP contribution is -2.27. The van der Waals surface area contributed by atoms with Gasteiger partial charge in [-0.15, -0.1) is 0 Å². The van der Waals surface area contributed by atoms with Gasteiger partial charge in [-0.25, -0.2) is 0 Å². The summed E-state index contributed by atoms with van der Waals surface area (Å²) in [6.45, 7) is 4.12. The normalized spacial score (nSPS) is 11.8. The molecule has 2 aromatic rings. The Morgan fingerprint density at radius 2 is 1.96 bits per heavy atom. The number of thioether (sulfide) groups is 1. The van der Waals surface area contributed by atoms with E-state index >= 15 is 0 Å². The van der Waals surface area contributed by atoms with E-state index in [0.717, 1.165) is 22.8 Å². The van der Waals surface area contributed by atoms with Crippen molar-refractivity contribution in [1.29, 1.82) is 0 Å². The predicted octanol–water partition coefficient (Wildman–Crippen LogP) is 4.87. The van der Waals surface area contributed by atoms with E-state index in [4.69, 9.17) is 16.3 Å². The maximum absolute atomic E-state index is 11.9. The number of fused-ring (bicyclic) bond motifs is 2. The summed E-state index contributed by atoms with van der Waals surface area (Å²) in [4.78, 5) is 24.1. The van der Waals surface area contributed by atoms with Gasteiger partial charge < -0.3 is 15.0 Å². The maximum atomic E-state index is 11.9. The molecule has 0 unspecified atom stereocenters. The number of ether oxygens (including phenoxy) is 1. The maximum Gasteiger partial charge on any atom is 0.224 e. The molecule has 28 heavy (non-hydrogen) atoms. The number of hydrogen-bond donors (Lipinski definition) is 1. The Hall–Kier alpha value is -2.18. The Morgan fingerprint density at radius 3 is 2.64 bits per heavy atom. The average Bonchev–Trinajstić information content (AvgIpc) is 2.85. The van der Waals surface area contributed by atoms with Crippen LogP contribution < -0.4 is 15.0 Å². The number of halogens is 1. The molecule has 2 amide bonds. The van der Waals surface area contributed by atoms with E-state index in [1.54, 1.807) is 48.8 Å². The van der Waals surface area contributed by atoms with Crippen molar-refractivity contribution >= 4 is 40.9 Å². The molecular formula is C21H25ClN2O3S. The fourth-order valence-corrected chi connectivity index (χ4v) is 3.40. The molecule has 1 N–H and O–H groups in total. The Morgan fingerprint density at radius 1 is 1.21 bits per heavy atom. The Bertz CT molecular complexity index is 829. The monoisotopic (exact) mass is 420 g/mol. The lowest BCUT2D eigenvalue weighted by Gasteiger charge is -2.20. The van der Waals surface area contributed by atoms with Crippen LogP contribution in [0.5, 0.6) is 11.5 Å². The molecule has 7 heteroatoms. The first-order valence-electron chi connectivity index (χ1n) is 9.08. The van der Waals surface area contributed by atoms with Gasteiger partial charge >= 0.3 is 0 Å². The van der Waals surface area contributed by atoms with Crippen LogP contribution in [0.1, 0.15) is 25.8 Å². The number of benzene rings is 2. The standard InChI is InChI=1S/C15H12ClNO2.C6H13NOS/c1-10(18)17-9-11-4-2-3-5-14(11)19-15-7-6-12(16)8-13(15)17;1-3-9-5-4-6(8)7-2/h2-8H,9H2,1H3;3-5H2,1-2H3,(H,7,8). The summed E-state index contributed by atoms with van der Waals surface area (Å²) in [6, 6.07) is 13.0. The SMILES string of the molecule is CC(=O)N1Cc2ccccc2Oc2ccc(Cl)cc21.CCSCCC(=O)NC. The van der Waals surface area contributed by atoms with Crippen molar-refractivity contribution in [2.75, 3.05) is 23.5 Å². The summed E-state index contributed by atoms with van der Waals surface area (Å²) in [7, 11) is 1.67. The van der Waals surface area contributed by atoms with Gasteiger partial charge in [0.1, 0.15) is 5.75 Å². The van der Waals surface area contributed by atoms with Crippen LogP contribution in [0.15, 0.2) is 42.5 Å². The van der Waals surface area contributed by atoms with Gasteiger partial charge in [-0.2, -0.15) is 11.8 Å². The topological polar surface area (TPSA) is 58.6 Å². The van der Waals surface area contributed by atoms with Gasteiger partial charge in [-0.3, -0.25) is 9.59 Å². The zero-order valence-corrected chi connectivity index (χ0v) is 17.9. The molecule has 0 bridgehead atoms. The Kier molecular flexibility index (Phi) is 8.67. The van der Waals surface area contributed by atoms with Crippen LogP contribution in [0, 0.1) is 0 Å². The Labute approximate surface area is 175 Å². The van der Waals surface area contributed by atoms with Crippen LogP contribution in [-0.4, -0.2) is 30.4 Å². The third-order valence-electron chi connectivity index (χ3n) is 4.07. The molecule has 0 aliphatic carbocycles. The highest BCUT2D eigenvalue weighted by Gasteiger charge is 2.23. The number of nitrogens with one attached hydrogen (secondary N) is 1. The van der Waals surface area contributed by atoms with Gasteiger partial charge in [0.2, 0.25) is 11.8 Å². The molecule has 1 aliphatic rings. The van der Waals surface area contributed by atoms with E-state index in [2.05, 4.69) is 12.2 Å². The minimum absolute atomic E-state index is 0.0381. The number of rotatable bonds is 4. The van der Waals surface area contributed by atoms with E-state index in [-0.39, 0.29) is 11.8 Å². The molecule has 0 saturated carbocycles. The van der Waals surface area contributed by atoms with Crippen molar-refractivity contribution in [3.63, 3.8) is 0 Å². The highest BCUT2D eigenvalue weighted by atomic mass is 35.5. The molecule has 1 aliphatic heterocycles. The second kappa shape index (κ2) is 11.0. The smallest absolute Gasteiger partial charge is 0.224 e. The number of hydrogen-bond acceptors (Lipinski definition) is 4. The first kappa shape index (κ1) is 22.1. The van der Waals surface area contributed by atoms with Crippen molar-refractivity contribution in [2.24, 2.45) is 0 Å². The van der Waals surface area contributed by atoms with Gasteiger partial charge in [0.25, 0.3) is 0 Å². The average molecular weight is 421 g/mol. The van der Waals surface area contributed by atoms with E-state index in [1.807, 2.05) is 24.3 Å². The molecule has 0 fully saturated rings. The number of amides is 2. The lowest BCUT2D eigenvalue weighted by atomic mass is 10.2. The summed E-state index contributed by atoms with van der Waals surface area (Å²) >= 11 is 7.81. The first-order valence-corrected chi connectivity index (χ1v) is 10.6. The van der Waals surface area contributed by atoms with Crippen LogP contribution in [0.2, 0.25) is 5.02 Å². The summed E-state index contributed by atoms with van der Waals surface area (Å²) < 4.78 is 5.89. The van der Waals surface area contributed by atoms with Gasteiger partial charge in [-0.05, 0) is 30.0 Å². The number of carbonyl (C=O) groups excluding carboxylic acids is 2. The number of nitrogens with zero attached hydrogens (tertiary/aromatic N) is 1. The van der Waals surface area contributed by atoms with Crippen LogP contribution in [0.3, 0.4) is 0 Å². The van der Waals surface area contributed by atoms with E-state index in [1.165, 1.54) is 0 Å². The van der Waals surface area contributed by atoms with Gasteiger partial charge in [0.15, 0.2) is 5.75 Å². The summed E-state index contributed by atoms with van der Waals surface area (Å²) in [6.07, 6.45) is 0.648. The molecular weight excluding hydrogens is 396 g/mol. The second-order valence-electron chi connectivity index (χ2n) is 6.05. The van der Waals surface area contributed by atoms with Crippen molar-refractivity contribution in [3.05, 3.63) is 53.1 Å². The molecule has 0 atom stereocenters.